The maximum Gasteiger partial charge on any atom is 0.345 e. The lowest BCUT2D eigenvalue weighted by Crippen LogP contribution is -2.22. The van der Waals surface area contributed by atoms with Crippen LogP contribution in [0, 0.1) is 0 Å². The summed E-state index contributed by atoms with van der Waals surface area (Å²) in [4.78, 5) is 11.1. The Morgan fingerprint density at radius 3 is 2.37 bits per heavy atom. The number of hydrogen-bond donors (Lipinski definition) is 1. The first-order valence-electron chi connectivity index (χ1n) is 6.19. The first kappa shape index (κ1) is 15.9. The van der Waals surface area contributed by atoms with Crippen molar-refractivity contribution in [3.05, 3.63) is 35.9 Å². The number of carbonyl (C=O) groups is 1. The molecule has 1 aromatic rings. The maximum atomic E-state index is 12.5. The number of benzene rings is 1. The zero-order valence-electron chi connectivity index (χ0n) is 11.1. The lowest BCUT2D eigenvalue weighted by molar-refractivity contribution is -0.137. The summed E-state index contributed by atoms with van der Waals surface area (Å²) in [5.74, 6) is -1.16. The van der Waals surface area contributed by atoms with Crippen LogP contribution < -0.4 is 0 Å². The molecule has 0 aliphatic heterocycles. The average molecular weight is 286 g/mol. The topological polar surface area (TPSA) is 72.8 Å². The van der Waals surface area contributed by atoms with Gasteiger partial charge in [0.2, 0.25) is 0 Å². The molecule has 6 heteroatoms. The van der Waals surface area contributed by atoms with Crippen LogP contribution in [0.15, 0.2) is 30.3 Å². The van der Waals surface area contributed by atoms with Crippen molar-refractivity contribution in [1.82, 2.24) is 0 Å². The quantitative estimate of drug-likeness (QED) is 0.742. The Morgan fingerprint density at radius 1 is 1.26 bits per heavy atom. The fraction of sp³-hybridized carbons (Fsp3) is 0.462. The van der Waals surface area contributed by atoms with E-state index in [0.29, 0.717) is 0 Å². The third kappa shape index (κ3) is 4.46. The smallest absolute Gasteiger partial charge is 0.345 e. The highest BCUT2D eigenvalue weighted by atomic mass is 31.2. The second kappa shape index (κ2) is 7.43. The van der Waals surface area contributed by atoms with E-state index < -0.39 is 19.2 Å². The molecule has 1 aromatic carbocycles. The average Bonchev–Trinajstić information content (AvgIpc) is 2.38. The van der Waals surface area contributed by atoms with Gasteiger partial charge in [-0.05, 0) is 18.9 Å². The second-order valence-corrected chi connectivity index (χ2v) is 6.20. The van der Waals surface area contributed by atoms with Crippen molar-refractivity contribution in [2.24, 2.45) is 0 Å². The van der Waals surface area contributed by atoms with Crippen molar-refractivity contribution < 1.29 is 23.5 Å². The Balaban J connectivity index is 2.81. The molecule has 1 N–H and O–H groups in total. The summed E-state index contributed by atoms with van der Waals surface area (Å²) in [5.41, 5.74) is -0.307. The monoisotopic (exact) mass is 286 g/mol. The van der Waals surface area contributed by atoms with Crippen LogP contribution in [0.2, 0.25) is 0 Å². The minimum atomic E-state index is -3.65. The van der Waals surface area contributed by atoms with Gasteiger partial charge in [0.1, 0.15) is 0 Å². The Morgan fingerprint density at radius 2 is 1.89 bits per heavy atom. The normalized spacial score (nSPS) is 15.7. The summed E-state index contributed by atoms with van der Waals surface area (Å²) in [6.07, 6.45) is 0.196. The Bertz CT molecular complexity index is 446. The summed E-state index contributed by atoms with van der Waals surface area (Å²) in [6, 6.07) is 9.16. The molecule has 0 aromatic heterocycles. The minimum Gasteiger partial charge on any atom is -0.481 e. The third-order valence-electron chi connectivity index (χ3n) is 2.62. The van der Waals surface area contributed by atoms with Crippen molar-refractivity contribution in [3.8, 4) is 0 Å². The number of carboxylic acid groups (broad SMARTS) is 1. The van der Waals surface area contributed by atoms with Crippen molar-refractivity contribution in [1.29, 1.82) is 0 Å². The highest BCUT2D eigenvalue weighted by molar-refractivity contribution is 7.55. The van der Waals surface area contributed by atoms with Crippen LogP contribution in [0.1, 0.15) is 25.8 Å². The summed E-state index contributed by atoms with van der Waals surface area (Å²) < 4.78 is 23.0. The van der Waals surface area contributed by atoms with E-state index in [1.54, 1.807) is 13.8 Å². The van der Waals surface area contributed by atoms with E-state index in [2.05, 4.69) is 0 Å². The first-order valence-corrected chi connectivity index (χ1v) is 7.80. The Labute approximate surface area is 113 Å². The van der Waals surface area contributed by atoms with E-state index in [1.807, 2.05) is 30.3 Å². The van der Waals surface area contributed by atoms with E-state index in [4.69, 9.17) is 14.2 Å². The summed E-state index contributed by atoms with van der Waals surface area (Å²) in [7, 11) is -3.65. The lowest BCUT2D eigenvalue weighted by atomic mass is 10.2. The number of carboxylic acids is 1. The molecule has 1 rings (SSSR count). The molecule has 0 radical (unpaired) electrons. The van der Waals surface area contributed by atoms with Gasteiger partial charge in [0.15, 0.2) is 5.66 Å². The molecule has 0 saturated carbocycles. The molecule has 5 nitrogen and oxygen atoms in total. The zero-order chi connectivity index (χ0) is 14.3. The van der Waals surface area contributed by atoms with Gasteiger partial charge in [0.05, 0.1) is 13.2 Å². The third-order valence-corrected chi connectivity index (χ3v) is 5.07. The van der Waals surface area contributed by atoms with Gasteiger partial charge in [0.25, 0.3) is 0 Å². The van der Waals surface area contributed by atoms with Crippen LogP contribution in [0.3, 0.4) is 0 Å². The molecule has 106 valence electrons. The van der Waals surface area contributed by atoms with E-state index >= 15 is 0 Å². The predicted molar refractivity (Wildman–Crippen MR) is 72.2 cm³/mol. The van der Waals surface area contributed by atoms with Crippen LogP contribution >= 0.6 is 7.60 Å². The number of rotatable bonds is 8. The van der Waals surface area contributed by atoms with Gasteiger partial charge in [-0.25, -0.2) is 0 Å². The second-order valence-electron chi connectivity index (χ2n) is 3.98. The predicted octanol–water partition coefficient (Wildman–Crippen LogP) is 3.30. The van der Waals surface area contributed by atoms with Gasteiger partial charge in [-0.1, -0.05) is 37.3 Å². The standard InChI is InChI=1S/C13H19O5P/c1-3-12(13(14)15)19(16,17-4-2)18-10-11-8-6-5-7-9-11/h5-9,12H,3-4,10H2,1-2H3,(H,14,15). The minimum absolute atomic E-state index is 0.0713. The summed E-state index contributed by atoms with van der Waals surface area (Å²) in [5, 5.41) is 9.10. The van der Waals surface area contributed by atoms with Crippen LogP contribution in [0.5, 0.6) is 0 Å². The van der Waals surface area contributed by atoms with Crippen LogP contribution in [-0.2, 0) is 25.0 Å². The van der Waals surface area contributed by atoms with Gasteiger partial charge in [0, 0.05) is 0 Å². The molecule has 0 heterocycles. The van der Waals surface area contributed by atoms with E-state index in [9.17, 15) is 9.36 Å². The van der Waals surface area contributed by atoms with Gasteiger partial charge in [-0.2, -0.15) is 0 Å². The number of aliphatic carboxylic acids is 1. The van der Waals surface area contributed by atoms with Crippen molar-refractivity contribution >= 4 is 13.6 Å². The molecule has 0 amide bonds. The van der Waals surface area contributed by atoms with Crippen molar-refractivity contribution in [2.45, 2.75) is 32.5 Å². The highest BCUT2D eigenvalue weighted by Gasteiger charge is 2.40. The van der Waals surface area contributed by atoms with Gasteiger partial charge in [-0.15, -0.1) is 0 Å². The lowest BCUT2D eigenvalue weighted by Gasteiger charge is -2.22. The molecule has 0 saturated heterocycles. The van der Waals surface area contributed by atoms with Gasteiger partial charge >= 0.3 is 13.6 Å². The molecule has 0 aliphatic carbocycles. The molecule has 19 heavy (non-hydrogen) atoms. The van der Waals surface area contributed by atoms with Crippen LogP contribution in [0.25, 0.3) is 0 Å². The zero-order valence-corrected chi connectivity index (χ0v) is 12.0. The summed E-state index contributed by atoms with van der Waals surface area (Å²) >= 11 is 0. The van der Waals surface area contributed by atoms with Gasteiger partial charge in [-0.3, -0.25) is 9.36 Å². The van der Waals surface area contributed by atoms with Crippen LogP contribution in [0.4, 0.5) is 0 Å². The molecule has 0 spiro atoms. The molecule has 2 unspecified atom stereocenters. The van der Waals surface area contributed by atoms with Crippen LogP contribution in [-0.4, -0.2) is 23.3 Å². The van der Waals surface area contributed by atoms with E-state index in [1.165, 1.54) is 0 Å². The first-order chi connectivity index (χ1) is 9.03. The molecular formula is C13H19O5P. The van der Waals surface area contributed by atoms with Crippen molar-refractivity contribution in [2.75, 3.05) is 6.61 Å². The number of hydrogen-bond acceptors (Lipinski definition) is 4. The fourth-order valence-electron chi connectivity index (χ4n) is 1.67. The Hall–Kier alpha value is -1.16. The van der Waals surface area contributed by atoms with Crippen molar-refractivity contribution in [3.63, 3.8) is 0 Å². The SMILES string of the molecule is CCOP(=O)(OCc1ccccc1)C(CC)C(=O)O. The molecule has 0 aliphatic rings. The largest absolute Gasteiger partial charge is 0.481 e. The molecule has 0 bridgehead atoms. The molecular weight excluding hydrogens is 267 g/mol. The highest BCUT2D eigenvalue weighted by Crippen LogP contribution is 2.54. The fourth-order valence-corrected chi connectivity index (χ4v) is 3.51. The maximum absolute atomic E-state index is 12.5. The molecule has 0 fully saturated rings. The van der Waals surface area contributed by atoms with Gasteiger partial charge < -0.3 is 14.2 Å². The Kier molecular flexibility index (Phi) is 6.22. The summed E-state index contributed by atoms with van der Waals surface area (Å²) in [6.45, 7) is 3.53. The van der Waals surface area contributed by atoms with E-state index in [0.717, 1.165) is 5.56 Å². The molecule has 2 atom stereocenters. The van der Waals surface area contributed by atoms with E-state index in [-0.39, 0.29) is 19.6 Å².